The van der Waals surface area contributed by atoms with Crippen LogP contribution in [-0.4, -0.2) is 67.1 Å². The summed E-state index contributed by atoms with van der Waals surface area (Å²) < 4.78 is 5.89. The third kappa shape index (κ3) is 6.16. The number of pyridine rings is 1. The van der Waals surface area contributed by atoms with Crippen LogP contribution in [0.15, 0.2) is 12.1 Å². The Labute approximate surface area is 157 Å². The van der Waals surface area contributed by atoms with E-state index in [4.69, 9.17) is 4.74 Å². The summed E-state index contributed by atoms with van der Waals surface area (Å²) in [5.41, 5.74) is 1.23. The highest BCUT2D eigenvalue weighted by Crippen LogP contribution is 2.28. The van der Waals surface area contributed by atoms with Gasteiger partial charge in [0, 0.05) is 38.7 Å². The number of likely N-dealkylation sites (tertiary alicyclic amines) is 1. The molecule has 6 heteroatoms. The van der Waals surface area contributed by atoms with Gasteiger partial charge in [0.2, 0.25) is 11.8 Å². The Hall–Kier alpha value is -1.82. The molecular weight excluding hydrogens is 328 g/mol. The molecule has 6 nitrogen and oxygen atoms in total. The first-order valence-corrected chi connectivity index (χ1v) is 9.47. The van der Waals surface area contributed by atoms with Crippen LogP contribution in [-0.2, 0) is 10.2 Å². The molecule has 0 saturated carbocycles. The van der Waals surface area contributed by atoms with Crippen molar-refractivity contribution in [3.05, 3.63) is 17.7 Å². The Bertz CT molecular complexity index is 602. The van der Waals surface area contributed by atoms with Crippen LogP contribution in [0.3, 0.4) is 0 Å². The summed E-state index contributed by atoms with van der Waals surface area (Å²) in [6.45, 7) is 11.3. The topological polar surface area (TPSA) is 57.7 Å². The third-order valence-corrected chi connectivity index (χ3v) is 4.75. The first-order chi connectivity index (χ1) is 12.1. The zero-order chi connectivity index (χ0) is 19.3. The molecule has 1 amide bonds. The maximum Gasteiger partial charge on any atom is 0.219 e. The van der Waals surface area contributed by atoms with Crippen molar-refractivity contribution in [3.63, 3.8) is 0 Å². The van der Waals surface area contributed by atoms with Gasteiger partial charge in [-0.05, 0) is 44.0 Å². The average molecular weight is 363 g/mol. The molecule has 0 unspecified atom stereocenters. The number of carbonyl (C=O) groups is 1. The van der Waals surface area contributed by atoms with Gasteiger partial charge in [0.25, 0.3) is 0 Å². The Balaban J connectivity index is 2.07. The summed E-state index contributed by atoms with van der Waals surface area (Å²) in [4.78, 5) is 20.1. The fourth-order valence-corrected chi connectivity index (χ4v) is 2.97. The van der Waals surface area contributed by atoms with Crippen molar-refractivity contribution < 1.29 is 9.53 Å². The van der Waals surface area contributed by atoms with Crippen molar-refractivity contribution in [1.82, 2.24) is 14.8 Å². The molecule has 0 radical (unpaired) electrons. The minimum Gasteiger partial charge on any atom is -0.476 e. The summed E-state index contributed by atoms with van der Waals surface area (Å²) in [5, 5.41) is 3.55. The van der Waals surface area contributed by atoms with E-state index in [1.165, 1.54) is 5.56 Å². The number of aromatic nitrogens is 1. The minimum atomic E-state index is 0.0248. The molecule has 1 aromatic rings. The number of hydrogen-bond acceptors (Lipinski definition) is 5. The Kier molecular flexibility index (Phi) is 6.87. The van der Waals surface area contributed by atoms with Gasteiger partial charge in [-0.3, -0.25) is 4.79 Å². The lowest BCUT2D eigenvalue weighted by atomic mass is 9.87. The van der Waals surface area contributed by atoms with E-state index in [1.54, 1.807) is 6.92 Å². The van der Waals surface area contributed by atoms with Crippen LogP contribution >= 0.6 is 0 Å². The molecule has 2 rings (SSSR count). The lowest BCUT2D eigenvalue weighted by Gasteiger charge is -2.32. The predicted molar refractivity (Wildman–Crippen MR) is 106 cm³/mol. The molecule has 0 spiro atoms. The van der Waals surface area contributed by atoms with Gasteiger partial charge < -0.3 is 19.9 Å². The highest BCUT2D eigenvalue weighted by atomic mass is 16.5. The minimum absolute atomic E-state index is 0.0248. The standard InChI is InChI=1S/C20H34N4O2/c1-15(25)24-9-7-17(8-10-24)21-18-13-16(20(2,3)4)14-19(22-18)26-12-11-23(5)6/h13-14,17H,7-12H2,1-6H3,(H,21,22). The normalized spacial score (nSPS) is 16.0. The number of carbonyl (C=O) groups excluding carboxylic acids is 1. The Morgan fingerprint density at radius 2 is 1.96 bits per heavy atom. The van der Waals surface area contributed by atoms with Gasteiger partial charge in [-0.2, -0.15) is 4.98 Å². The molecule has 1 fully saturated rings. The molecule has 0 aromatic carbocycles. The summed E-state index contributed by atoms with van der Waals surface area (Å²) in [7, 11) is 4.06. The first kappa shape index (κ1) is 20.5. The Morgan fingerprint density at radius 1 is 1.31 bits per heavy atom. The van der Waals surface area contributed by atoms with E-state index < -0.39 is 0 Å². The zero-order valence-corrected chi connectivity index (χ0v) is 17.1. The molecular formula is C20H34N4O2. The molecule has 0 aliphatic carbocycles. The van der Waals surface area contributed by atoms with Crippen LogP contribution in [0.5, 0.6) is 5.88 Å². The van der Waals surface area contributed by atoms with Crippen molar-refractivity contribution in [2.45, 2.75) is 52.0 Å². The molecule has 1 aliphatic heterocycles. The van der Waals surface area contributed by atoms with Crippen LogP contribution in [0.25, 0.3) is 0 Å². The molecule has 1 saturated heterocycles. The van der Waals surface area contributed by atoms with Crippen LogP contribution in [0.4, 0.5) is 5.82 Å². The molecule has 1 aromatic heterocycles. The van der Waals surface area contributed by atoms with E-state index in [0.717, 1.165) is 38.3 Å². The van der Waals surface area contributed by atoms with Crippen molar-refractivity contribution in [2.75, 3.05) is 45.7 Å². The number of nitrogens with zero attached hydrogens (tertiary/aromatic N) is 3. The average Bonchev–Trinajstić information content (AvgIpc) is 2.54. The van der Waals surface area contributed by atoms with E-state index in [2.05, 4.69) is 42.0 Å². The fourth-order valence-electron chi connectivity index (χ4n) is 2.97. The number of likely N-dealkylation sites (N-methyl/N-ethyl adjacent to an activating group) is 1. The van der Waals surface area contributed by atoms with E-state index in [1.807, 2.05) is 25.1 Å². The van der Waals surface area contributed by atoms with E-state index in [9.17, 15) is 4.79 Å². The number of hydrogen-bond donors (Lipinski definition) is 1. The summed E-state index contributed by atoms with van der Waals surface area (Å²) in [6.07, 6.45) is 1.88. The van der Waals surface area contributed by atoms with Gasteiger partial charge in [0.1, 0.15) is 12.4 Å². The van der Waals surface area contributed by atoms with Gasteiger partial charge in [0.15, 0.2) is 0 Å². The molecule has 1 aliphatic rings. The van der Waals surface area contributed by atoms with Crippen molar-refractivity contribution in [2.24, 2.45) is 0 Å². The summed E-state index contributed by atoms with van der Waals surface area (Å²) in [5.74, 6) is 1.69. The molecule has 0 bridgehead atoms. The maximum atomic E-state index is 11.5. The van der Waals surface area contributed by atoms with E-state index in [-0.39, 0.29) is 11.3 Å². The fraction of sp³-hybridized carbons (Fsp3) is 0.700. The largest absolute Gasteiger partial charge is 0.476 e. The number of ether oxygens (including phenoxy) is 1. The van der Waals surface area contributed by atoms with Crippen LogP contribution < -0.4 is 10.1 Å². The zero-order valence-electron chi connectivity index (χ0n) is 17.1. The first-order valence-electron chi connectivity index (χ1n) is 9.47. The molecule has 1 N–H and O–H groups in total. The van der Waals surface area contributed by atoms with E-state index in [0.29, 0.717) is 18.5 Å². The maximum absolute atomic E-state index is 11.5. The Morgan fingerprint density at radius 3 is 2.50 bits per heavy atom. The second-order valence-corrected chi connectivity index (χ2v) is 8.41. The number of amides is 1. The quantitative estimate of drug-likeness (QED) is 0.843. The third-order valence-electron chi connectivity index (χ3n) is 4.75. The highest BCUT2D eigenvalue weighted by molar-refractivity contribution is 5.73. The van der Waals surface area contributed by atoms with Gasteiger partial charge in [0.05, 0.1) is 0 Å². The predicted octanol–water partition coefficient (Wildman–Crippen LogP) is 2.74. The van der Waals surface area contributed by atoms with Crippen LogP contribution in [0.1, 0.15) is 46.1 Å². The monoisotopic (exact) mass is 362 g/mol. The van der Waals surface area contributed by atoms with Gasteiger partial charge in [-0.15, -0.1) is 0 Å². The van der Waals surface area contributed by atoms with Gasteiger partial charge in [-0.1, -0.05) is 20.8 Å². The second-order valence-electron chi connectivity index (χ2n) is 8.41. The SMILES string of the molecule is CC(=O)N1CCC(Nc2cc(C(C)(C)C)cc(OCCN(C)C)n2)CC1. The number of piperidine rings is 1. The van der Waals surface area contributed by atoms with Gasteiger partial charge >= 0.3 is 0 Å². The van der Waals surface area contributed by atoms with Gasteiger partial charge in [-0.25, -0.2) is 0 Å². The molecule has 146 valence electrons. The number of anilines is 1. The molecule has 2 heterocycles. The van der Waals surface area contributed by atoms with Crippen LogP contribution in [0.2, 0.25) is 0 Å². The lowest BCUT2D eigenvalue weighted by Crippen LogP contribution is -2.41. The van der Waals surface area contributed by atoms with Crippen molar-refractivity contribution >= 4 is 11.7 Å². The van der Waals surface area contributed by atoms with Crippen LogP contribution in [0, 0.1) is 0 Å². The smallest absolute Gasteiger partial charge is 0.219 e. The summed E-state index contributed by atoms with van der Waals surface area (Å²) in [6, 6.07) is 4.50. The lowest BCUT2D eigenvalue weighted by molar-refractivity contribution is -0.129. The van der Waals surface area contributed by atoms with Crippen molar-refractivity contribution in [3.8, 4) is 5.88 Å². The number of nitrogens with one attached hydrogen (secondary N) is 1. The second kappa shape index (κ2) is 8.71. The highest BCUT2D eigenvalue weighted by Gasteiger charge is 2.22. The van der Waals surface area contributed by atoms with Crippen molar-refractivity contribution in [1.29, 1.82) is 0 Å². The molecule has 26 heavy (non-hydrogen) atoms. The summed E-state index contributed by atoms with van der Waals surface area (Å²) >= 11 is 0. The number of rotatable bonds is 6. The molecule has 0 atom stereocenters. The van der Waals surface area contributed by atoms with E-state index >= 15 is 0 Å².